The van der Waals surface area contributed by atoms with Gasteiger partial charge in [-0.05, 0) is 73.9 Å². The van der Waals surface area contributed by atoms with Crippen molar-refractivity contribution in [3.8, 4) is 0 Å². The Kier molecular flexibility index (Phi) is 6.67. The molecule has 234 valence electrons. The maximum absolute atomic E-state index is 17.5. The zero-order chi connectivity index (χ0) is 31.2. The van der Waals surface area contributed by atoms with E-state index in [9.17, 15) is 24.9 Å². The Morgan fingerprint density at radius 3 is 2.68 bits per heavy atom. The molecule has 9 nitrogen and oxygen atoms in total. The quantitative estimate of drug-likeness (QED) is 0.361. The van der Waals surface area contributed by atoms with Crippen molar-refractivity contribution in [2.24, 2.45) is 22.7 Å². The summed E-state index contributed by atoms with van der Waals surface area (Å²) < 4.78 is 36.3. The van der Waals surface area contributed by atoms with E-state index < -0.39 is 58.9 Å². The van der Waals surface area contributed by atoms with Crippen LogP contribution in [0.4, 0.5) is 10.1 Å². The second kappa shape index (κ2) is 9.92. The molecule has 2 aromatic rings. The first-order chi connectivity index (χ1) is 20.9. The van der Waals surface area contributed by atoms with Crippen molar-refractivity contribution < 1.29 is 43.2 Å². The number of aliphatic hydroxyl groups excluding tert-OH is 3. The predicted octanol–water partition coefficient (Wildman–Crippen LogP) is 3.64. The van der Waals surface area contributed by atoms with Gasteiger partial charge in [-0.2, -0.15) is 0 Å². The van der Waals surface area contributed by atoms with Crippen molar-refractivity contribution in [2.75, 3.05) is 12.3 Å². The maximum atomic E-state index is 17.5. The summed E-state index contributed by atoms with van der Waals surface area (Å²) >= 11 is 0. The van der Waals surface area contributed by atoms with Gasteiger partial charge in [0.2, 0.25) is 6.29 Å². The number of alkyl halides is 1. The second-order valence-corrected chi connectivity index (χ2v) is 13.6. The third-order valence-electron chi connectivity index (χ3n) is 11.6. The topological polar surface area (TPSA) is 152 Å². The van der Waals surface area contributed by atoms with E-state index >= 15 is 4.39 Å². The lowest BCUT2D eigenvalue weighted by Gasteiger charge is -2.62. The third-order valence-corrected chi connectivity index (χ3v) is 11.6. The molecule has 5 N–H and O–H groups in total. The number of rotatable bonds is 6. The molecule has 0 unspecified atom stereocenters. The largest absolute Gasteiger partial charge is 0.464 e. The van der Waals surface area contributed by atoms with E-state index in [-0.39, 0.29) is 24.7 Å². The van der Waals surface area contributed by atoms with Crippen molar-refractivity contribution in [2.45, 2.75) is 82.3 Å². The standard InChI is InChI=1S/C34H38FNO8/c1-31-8-7-22(39)12-21(31)5-6-23-24-13-29-34(28(41)16-38,32(24,2)14-27(40)33(23,31)35)44-30(43-29)26-11-19(17-42-26)9-18-3-4-20(15-37)25(36)10-18/h3-4,7-8,10-12,17,23-24,27,29-30,37-38,40H,5-6,9,13-16,36H2,1-2H3/t23-,24-,27-,29+,30+,31-,32-,33-,34+/m0/s1. The number of aliphatic hydroxyl groups is 3. The van der Waals surface area contributed by atoms with E-state index in [4.69, 9.17) is 19.6 Å². The molecular weight excluding hydrogens is 569 g/mol. The number of hydrogen-bond donors (Lipinski definition) is 4. The van der Waals surface area contributed by atoms with Crippen LogP contribution in [0.15, 0.2) is 58.7 Å². The number of ether oxygens (including phenoxy) is 2. The summed E-state index contributed by atoms with van der Waals surface area (Å²) in [5.74, 6) is -1.41. The van der Waals surface area contributed by atoms with E-state index in [1.54, 1.807) is 37.5 Å². The third kappa shape index (κ3) is 3.75. The first-order valence-electron chi connectivity index (χ1n) is 15.3. The van der Waals surface area contributed by atoms with Gasteiger partial charge in [0.05, 0.1) is 25.1 Å². The van der Waals surface area contributed by atoms with Crippen LogP contribution >= 0.6 is 0 Å². The number of ketones is 2. The highest BCUT2D eigenvalue weighted by molar-refractivity contribution is 6.01. The van der Waals surface area contributed by atoms with E-state index in [2.05, 4.69) is 0 Å². The SMILES string of the molecule is C[C@]12C=CC(=O)C=C1CC[C@H]1[C@@H]3C[C@H]4O[C@@H](c5cc(Cc6ccc(CO)c(N)c6)co5)O[C@@]4(C(=O)CO)[C@@]3(C)C[C@H](O)[C@@]12F. The lowest BCUT2D eigenvalue weighted by atomic mass is 9.44. The Morgan fingerprint density at radius 2 is 1.95 bits per heavy atom. The van der Waals surface area contributed by atoms with E-state index in [1.807, 2.05) is 13.0 Å². The van der Waals surface area contributed by atoms with Gasteiger partial charge in [-0.15, -0.1) is 0 Å². The van der Waals surface area contributed by atoms with Crippen molar-refractivity contribution in [3.05, 3.63) is 76.8 Å². The molecule has 9 atom stereocenters. The first kappa shape index (κ1) is 29.6. The number of furan rings is 1. The lowest BCUT2D eigenvalue weighted by molar-refractivity contribution is -0.232. The number of allylic oxidation sites excluding steroid dienone is 4. The molecule has 0 amide bonds. The average Bonchev–Trinajstić information content (AvgIpc) is 3.67. The Hall–Kier alpha value is -3.15. The fourth-order valence-electron chi connectivity index (χ4n) is 9.44. The van der Waals surface area contributed by atoms with Gasteiger partial charge in [-0.25, -0.2) is 4.39 Å². The van der Waals surface area contributed by atoms with Gasteiger partial charge in [0.25, 0.3) is 0 Å². The van der Waals surface area contributed by atoms with Crippen LogP contribution in [0.1, 0.15) is 68.3 Å². The molecule has 3 saturated carbocycles. The van der Waals surface area contributed by atoms with Crippen LogP contribution in [-0.2, 0) is 32.1 Å². The van der Waals surface area contributed by atoms with Gasteiger partial charge >= 0.3 is 0 Å². The smallest absolute Gasteiger partial charge is 0.218 e. The van der Waals surface area contributed by atoms with Gasteiger partial charge in [0.1, 0.15) is 6.61 Å². The second-order valence-electron chi connectivity index (χ2n) is 13.6. The van der Waals surface area contributed by atoms with Gasteiger partial charge in [0.15, 0.2) is 28.6 Å². The molecule has 0 spiro atoms. The highest BCUT2D eigenvalue weighted by Gasteiger charge is 2.79. The summed E-state index contributed by atoms with van der Waals surface area (Å²) in [6.45, 7) is 2.66. The van der Waals surface area contributed by atoms with Gasteiger partial charge in [-0.3, -0.25) is 9.59 Å². The average molecular weight is 608 g/mol. The molecule has 44 heavy (non-hydrogen) atoms. The zero-order valence-electron chi connectivity index (χ0n) is 24.8. The fourth-order valence-corrected chi connectivity index (χ4v) is 9.44. The molecule has 1 saturated heterocycles. The number of nitrogen functional groups attached to an aromatic ring is 1. The Morgan fingerprint density at radius 1 is 1.16 bits per heavy atom. The van der Waals surface area contributed by atoms with Crippen molar-refractivity contribution in [3.63, 3.8) is 0 Å². The molecule has 0 bridgehead atoms. The van der Waals surface area contributed by atoms with Crippen LogP contribution < -0.4 is 5.73 Å². The number of halogens is 1. The first-order valence-corrected chi connectivity index (χ1v) is 15.3. The summed E-state index contributed by atoms with van der Waals surface area (Å²) in [7, 11) is 0. The summed E-state index contributed by atoms with van der Waals surface area (Å²) in [6, 6.07) is 7.23. The summed E-state index contributed by atoms with van der Waals surface area (Å²) in [5, 5.41) is 31.3. The Balaban J connectivity index is 1.19. The number of Topliss-reactive ketones (excluding diaryl/α,β-unsaturated/α-hetero) is 1. The van der Waals surface area contributed by atoms with Gasteiger partial charge < -0.3 is 34.9 Å². The lowest BCUT2D eigenvalue weighted by Crippen LogP contribution is -2.69. The summed E-state index contributed by atoms with van der Waals surface area (Å²) in [4.78, 5) is 25.8. The Labute approximate surface area is 254 Å². The van der Waals surface area contributed by atoms with E-state index in [1.165, 1.54) is 12.2 Å². The highest BCUT2D eigenvalue weighted by atomic mass is 19.1. The molecule has 1 aromatic carbocycles. The van der Waals surface area contributed by atoms with Crippen molar-refractivity contribution >= 4 is 17.3 Å². The minimum Gasteiger partial charge on any atom is -0.464 e. The minimum absolute atomic E-state index is 0.0810. The molecule has 4 aliphatic carbocycles. The molecule has 10 heteroatoms. The van der Waals surface area contributed by atoms with Crippen LogP contribution in [-0.4, -0.2) is 57.0 Å². The van der Waals surface area contributed by atoms with Crippen molar-refractivity contribution in [1.82, 2.24) is 0 Å². The number of fused-ring (bicyclic) bond motifs is 7. The number of carbonyl (C=O) groups is 2. The van der Waals surface area contributed by atoms with E-state index in [0.29, 0.717) is 48.3 Å². The van der Waals surface area contributed by atoms with Gasteiger partial charge in [0, 0.05) is 34.4 Å². The molecule has 5 aliphatic rings. The highest BCUT2D eigenvalue weighted by Crippen LogP contribution is 2.72. The normalized spacial score (nSPS) is 40.6. The van der Waals surface area contributed by atoms with Gasteiger partial charge in [-0.1, -0.05) is 30.7 Å². The molecule has 7 rings (SSSR count). The van der Waals surface area contributed by atoms with Crippen LogP contribution in [0, 0.1) is 22.7 Å². The molecule has 2 heterocycles. The molecule has 1 aromatic heterocycles. The van der Waals surface area contributed by atoms with Crippen LogP contribution in [0.25, 0.3) is 0 Å². The number of carbonyl (C=O) groups excluding carboxylic acids is 2. The van der Waals surface area contributed by atoms with Crippen LogP contribution in [0.3, 0.4) is 0 Å². The number of benzene rings is 1. The maximum Gasteiger partial charge on any atom is 0.218 e. The minimum atomic E-state index is -2.06. The summed E-state index contributed by atoms with van der Waals surface area (Å²) in [6.07, 6.45) is 4.40. The van der Waals surface area contributed by atoms with Crippen molar-refractivity contribution in [1.29, 1.82) is 0 Å². The predicted molar refractivity (Wildman–Crippen MR) is 156 cm³/mol. The zero-order valence-corrected chi connectivity index (χ0v) is 24.8. The van der Waals surface area contributed by atoms with Crippen LogP contribution in [0.2, 0.25) is 0 Å². The monoisotopic (exact) mass is 607 g/mol. The number of anilines is 1. The number of hydrogen-bond acceptors (Lipinski definition) is 9. The number of nitrogens with two attached hydrogens (primary N) is 1. The molecule has 4 fully saturated rings. The van der Waals surface area contributed by atoms with Crippen LogP contribution in [0.5, 0.6) is 0 Å². The van der Waals surface area contributed by atoms with E-state index in [0.717, 1.165) is 11.1 Å². The molecule has 0 radical (unpaired) electrons. The molecule has 1 aliphatic heterocycles. The summed E-state index contributed by atoms with van der Waals surface area (Å²) in [5.41, 5.74) is 3.72. The molecular formula is C34H38FNO8. The Bertz CT molecular complexity index is 1600. The fraction of sp³-hybridized carbons (Fsp3) is 0.529.